The van der Waals surface area contributed by atoms with Gasteiger partial charge < -0.3 is 14.7 Å². The second kappa shape index (κ2) is 9.97. The van der Waals surface area contributed by atoms with Crippen LogP contribution in [0.15, 0.2) is 24.4 Å². The van der Waals surface area contributed by atoms with E-state index >= 15 is 0 Å². The predicted octanol–water partition coefficient (Wildman–Crippen LogP) is 3.12. The van der Waals surface area contributed by atoms with Crippen molar-refractivity contribution in [2.24, 2.45) is 5.92 Å². The standard InChI is InChI=1S/C22H34N4OS/c27-22(25-14-12-24(13-15-25)21-5-1-2-10-23-21)7-6-19-4-3-11-26(18-19)20-8-16-28-17-9-20/h1-2,5,10,19-20H,3-4,6-9,11-18H2. The number of piperazine rings is 1. The second-order valence-electron chi connectivity index (χ2n) is 8.44. The number of nitrogens with zero attached hydrogens (tertiary/aromatic N) is 4. The molecule has 0 N–H and O–H groups in total. The molecule has 0 saturated carbocycles. The molecule has 3 fully saturated rings. The number of hydrogen-bond acceptors (Lipinski definition) is 5. The average Bonchev–Trinajstić information content (AvgIpc) is 2.79. The fourth-order valence-corrected chi connectivity index (χ4v) is 6.01. The SMILES string of the molecule is O=C(CCC1CCCN(C2CCSCC2)C1)N1CCN(c2ccccn2)CC1. The van der Waals surface area contributed by atoms with Gasteiger partial charge in [0.05, 0.1) is 0 Å². The van der Waals surface area contributed by atoms with Gasteiger partial charge in [0.1, 0.15) is 5.82 Å². The lowest BCUT2D eigenvalue weighted by Gasteiger charge is -2.40. The quantitative estimate of drug-likeness (QED) is 0.757. The molecule has 0 bridgehead atoms. The highest BCUT2D eigenvalue weighted by molar-refractivity contribution is 7.99. The van der Waals surface area contributed by atoms with E-state index in [1.807, 2.05) is 18.3 Å². The van der Waals surface area contributed by atoms with Gasteiger partial charge in [-0.15, -0.1) is 0 Å². The molecule has 6 heteroatoms. The third-order valence-corrected chi connectivity index (χ3v) is 7.68. The summed E-state index contributed by atoms with van der Waals surface area (Å²) >= 11 is 2.11. The Morgan fingerprint density at radius 3 is 2.64 bits per heavy atom. The summed E-state index contributed by atoms with van der Waals surface area (Å²) in [5.41, 5.74) is 0. The molecule has 5 nitrogen and oxygen atoms in total. The molecular weight excluding hydrogens is 368 g/mol. The van der Waals surface area contributed by atoms with Crippen molar-refractivity contribution >= 4 is 23.5 Å². The van der Waals surface area contributed by atoms with Crippen molar-refractivity contribution in [2.75, 3.05) is 55.7 Å². The topological polar surface area (TPSA) is 39.7 Å². The van der Waals surface area contributed by atoms with Gasteiger partial charge in [0.25, 0.3) is 0 Å². The number of rotatable bonds is 5. The number of piperidine rings is 1. The number of pyridine rings is 1. The first kappa shape index (κ1) is 20.0. The van der Waals surface area contributed by atoms with E-state index in [0.29, 0.717) is 11.8 Å². The van der Waals surface area contributed by atoms with Crippen molar-refractivity contribution in [3.8, 4) is 0 Å². The maximum atomic E-state index is 12.7. The van der Waals surface area contributed by atoms with Gasteiger partial charge in [-0.3, -0.25) is 4.79 Å². The molecule has 28 heavy (non-hydrogen) atoms. The van der Waals surface area contributed by atoms with E-state index in [9.17, 15) is 4.79 Å². The fourth-order valence-electron chi connectivity index (χ4n) is 4.93. The Morgan fingerprint density at radius 1 is 1.07 bits per heavy atom. The number of anilines is 1. The smallest absolute Gasteiger partial charge is 0.222 e. The molecule has 1 atom stereocenters. The van der Waals surface area contributed by atoms with E-state index in [1.165, 1.54) is 50.3 Å². The van der Waals surface area contributed by atoms with Crippen LogP contribution in [0.25, 0.3) is 0 Å². The monoisotopic (exact) mass is 402 g/mol. The average molecular weight is 403 g/mol. The van der Waals surface area contributed by atoms with Gasteiger partial charge in [0.15, 0.2) is 0 Å². The molecule has 154 valence electrons. The van der Waals surface area contributed by atoms with Gasteiger partial charge >= 0.3 is 0 Å². The van der Waals surface area contributed by atoms with Crippen molar-refractivity contribution in [1.29, 1.82) is 0 Å². The zero-order chi connectivity index (χ0) is 19.2. The number of hydrogen-bond donors (Lipinski definition) is 0. The molecular formula is C22H34N4OS. The number of carbonyl (C=O) groups excluding carboxylic acids is 1. The second-order valence-corrected chi connectivity index (χ2v) is 9.67. The Bertz CT molecular complexity index is 614. The highest BCUT2D eigenvalue weighted by Gasteiger charge is 2.28. The predicted molar refractivity (Wildman–Crippen MR) is 117 cm³/mol. The van der Waals surface area contributed by atoms with Gasteiger partial charge in [0.2, 0.25) is 5.91 Å². The molecule has 0 radical (unpaired) electrons. The molecule has 0 aliphatic carbocycles. The first-order valence-electron chi connectivity index (χ1n) is 11.0. The maximum absolute atomic E-state index is 12.7. The first-order valence-corrected chi connectivity index (χ1v) is 12.2. The van der Waals surface area contributed by atoms with Crippen LogP contribution < -0.4 is 4.90 Å². The van der Waals surface area contributed by atoms with E-state index in [-0.39, 0.29) is 0 Å². The van der Waals surface area contributed by atoms with E-state index < -0.39 is 0 Å². The van der Waals surface area contributed by atoms with Crippen molar-refractivity contribution in [2.45, 2.75) is 44.6 Å². The van der Waals surface area contributed by atoms with Crippen LogP contribution in [-0.4, -0.2) is 77.5 Å². The van der Waals surface area contributed by atoms with E-state index in [0.717, 1.165) is 50.9 Å². The Balaban J connectivity index is 1.19. The van der Waals surface area contributed by atoms with E-state index in [1.54, 1.807) is 0 Å². The summed E-state index contributed by atoms with van der Waals surface area (Å²) in [5.74, 6) is 4.75. The third kappa shape index (κ3) is 5.20. The lowest BCUT2D eigenvalue weighted by Crippen LogP contribution is -2.49. The molecule has 3 aliphatic heterocycles. The van der Waals surface area contributed by atoms with Gasteiger partial charge in [-0.2, -0.15) is 11.8 Å². The Hall–Kier alpha value is -1.27. The number of likely N-dealkylation sites (tertiary alicyclic amines) is 1. The minimum absolute atomic E-state index is 0.354. The van der Waals surface area contributed by atoms with Crippen LogP contribution in [0.4, 0.5) is 5.82 Å². The van der Waals surface area contributed by atoms with Crippen molar-refractivity contribution < 1.29 is 4.79 Å². The van der Waals surface area contributed by atoms with Crippen LogP contribution in [0.2, 0.25) is 0 Å². The lowest BCUT2D eigenvalue weighted by atomic mass is 9.91. The van der Waals surface area contributed by atoms with Gasteiger partial charge in [0, 0.05) is 51.4 Å². The summed E-state index contributed by atoms with van der Waals surface area (Å²) in [6.45, 7) is 5.92. The summed E-state index contributed by atoms with van der Waals surface area (Å²) in [6.07, 6.45) is 8.96. The fraction of sp³-hybridized carbons (Fsp3) is 0.727. The van der Waals surface area contributed by atoms with Crippen LogP contribution in [0.1, 0.15) is 38.5 Å². The molecule has 1 amide bonds. The van der Waals surface area contributed by atoms with Crippen LogP contribution in [-0.2, 0) is 4.79 Å². The molecule has 3 aliphatic rings. The summed E-state index contributed by atoms with van der Waals surface area (Å²) in [5, 5.41) is 0. The summed E-state index contributed by atoms with van der Waals surface area (Å²) in [7, 11) is 0. The minimum atomic E-state index is 0.354. The van der Waals surface area contributed by atoms with Crippen LogP contribution >= 0.6 is 11.8 Å². The highest BCUT2D eigenvalue weighted by atomic mass is 32.2. The van der Waals surface area contributed by atoms with Crippen molar-refractivity contribution in [1.82, 2.24) is 14.8 Å². The van der Waals surface area contributed by atoms with Gasteiger partial charge in [-0.1, -0.05) is 6.07 Å². The molecule has 1 unspecified atom stereocenters. The number of carbonyl (C=O) groups is 1. The third-order valence-electron chi connectivity index (χ3n) is 6.63. The molecule has 0 spiro atoms. The summed E-state index contributed by atoms with van der Waals surface area (Å²) in [4.78, 5) is 24.3. The highest BCUT2D eigenvalue weighted by Crippen LogP contribution is 2.28. The van der Waals surface area contributed by atoms with Crippen molar-refractivity contribution in [3.05, 3.63) is 24.4 Å². The summed E-state index contributed by atoms with van der Waals surface area (Å²) < 4.78 is 0. The van der Waals surface area contributed by atoms with Crippen molar-refractivity contribution in [3.63, 3.8) is 0 Å². The molecule has 3 saturated heterocycles. The normalized spacial score (nSPS) is 25.1. The number of thioether (sulfide) groups is 1. The first-order chi connectivity index (χ1) is 13.8. The van der Waals surface area contributed by atoms with Crippen LogP contribution in [0.3, 0.4) is 0 Å². The van der Waals surface area contributed by atoms with Crippen LogP contribution in [0, 0.1) is 5.92 Å². The zero-order valence-electron chi connectivity index (χ0n) is 17.0. The number of amides is 1. The maximum Gasteiger partial charge on any atom is 0.222 e. The minimum Gasteiger partial charge on any atom is -0.353 e. The summed E-state index contributed by atoms with van der Waals surface area (Å²) in [6, 6.07) is 6.83. The van der Waals surface area contributed by atoms with Gasteiger partial charge in [-0.05, 0) is 68.2 Å². The zero-order valence-corrected chi connectivity index (χ0v) is 17.8. The van der Waals surface area contributed by atoms with Crippen LogP contribution in [0.5, 0.6) is 0 Å². The molecule has 0 aromatic carbocycles. The number of aromatic nitrogens is 1. The Morgan fingerprint density at radius 2 is 1.89 bits per heavy atom. The molecule has 4 heterocycles. The largest absolute Gasteiger partial charge is 0.353 e. The van der Waals surface area contributed by atoms with E-state index in [2.05, 4.69) is 37.5 Å². The lowest BCUT2D eigenvalue weighted by molar-refractivity contribution is -0.131. The Labute approximate surface area is 173 Å². The Kier molecular flexibility index (Phi) is 7.13. The molecule has 1 aromatic rings. The molecule has 1 aromatic heterocycles. The molecule has 4 rings (SSSR count). The van der Waals surface area contributed by atoms with Gasteiger partial charge in [-0.25, -0.2) is 4.98 Å². The van der Waals surface area contributed by atoms with E-state index in [4.69, 9.17) is 0 Å².